The van der Waals surface area contributed by atoms with Crippen LogP contribution in [-0.4, -0.2) is 25.3 Å². The number of aromatic nitrogens is 1. The molecule has 3 heteroatoms. The van der Waals surface area contributed by atoms with Gasteiger partial charge in [-0.2, -0.15) is 0 Å². The molecular weight excluding hydrogens is 298 g/mol. The van der Waals surface area contributed by atoms with Gasteiger partial charge < -0.3 is 9.47 Å². The summed E-state index contributed by atoms with van der Waals surface area (Å²) in [7, 11) is 1.74. The van der Waals surface area contributed by atoms with E-state index >= 15 is 0 Å². The summed E-state index contributed by atoms with van der Waals surface area (Å²) >= 11 is 0. The summed E-state index contributed by atoms with van der Waals surface area (Å²) in [4.78, 5) is 4.64. The molecule has 0 bridgehead atoms. The molecule has 1 saturated heterocycles. The first-order chi connectivity index (χ1) is 11.6. The van der Waals surface area contributed by atoms with E-state index in [0.717, 1.165) is 47.9 Å². The number of aryl methyl sites for hydroxylation is 1. The second-order valence-corrected chi connectivity index (χ2v) is 6.97. The summed E-state index contributed by atoms with van der Waals surface area (Å²) in [6.07, 6.45) is 2.41. The summed E-state index contributed by atoms with van der Waals surface area (Å²) in [5, 5.41) is 1.13. The number of hydrogen-bond acceptors (Lipinski definition) is 3. The summed E-state index contributed by atoms with van der Waals surface area (Å²) in [5.74, 6) is 2.34. The number of fused-ring (bicyclic) bond motifs is 2. The molecule has 3 unspecified atom stereocenters. The van der Waals surface area contributed by atoms with Gasteiger partial charge in [0, 0.05) is 29.2 Å². The molecule has 3 atom stereocenters. The Bertz CT molecular complexity index is 723. The van der Waals surface area contributed by atoms with Crippen LogP contribution in [0.1, 0.15) is 44.9 Å². The number of nitrogens with zero attached hydrogens (tertiary/aromatic N) is 1. The summed E-state index contributed by atoms with van der Waals surface area (Å²) in [6.45, 7) is 10.1. The second-order valence-electron chi connectivity index (χ2n) is 6.97. The molecule has 1 aromatic carbocycles. The average Bonchev–Trinajstić information content (AvgIpc) is 2.61. The largest absolute Gasteiger partial charge is 0.496 e. The van der Waals surface area contributed by atoms with Crippen molar-refractivity contribution in [2.45, 2.75) is 46.0 Å². The van der Waals surface area contributed by atoms with Gasteiger partial charge >= 0.3 is 0 Å². The van der Waals surface area contributed by atoms with Crippen molar-refractivity contribution in [3.8, 4) is 5.75 Å². The number of ether oxygens (including phenoxy) is 2. The molecule has 0 radical (unpaired) electrons. The minimum atomic E-state index is 0.307. The van der Waals surface area contributed by atoms with Gasteiger partial charge in [0.2, 0.25) is 0 Å². The van der Waals surface area contributed by atoms with Gasteiger partial charge in [-0.05, 0) is 49.3 Å². The van der Waals surface area contributed by atoms with Crippen molar-refractivity contribution >= 4 is 10.9 Å². The van der Waals surface area contributed by atoms with Gasteiger partial charge in [0.15, 0.2) is 0 Å². The van der Waals surface area contributed by atoms with E-state index in [1.165, 1.54) is 12.0 Å². The highest BCUT2D eigenvalue weighted by Gasteiger charge is 2.54. The average molecular weight is 327 g/mol. The Morgan fingerprint density at radius 3 is 2.75 bits per heavy atom. The van der Waals surface area contributed by atoms with Crippen LogP contribution in [0.25, 0.3) is 10.9 Å². The molecule has 2 fully saturated rings. The zero-order valence-corrected chi connectivity index (χ0v) is 15.6. The second kappa shape index (κ2) is 6.72. The van der Waals surface area contributed by atoms with Crippen LogP contribution in [0.15, 0.2) is 24.3 Å². The lowest BCUT2D eigenvalue weighted by molar-refractivity contribution is -0.0929. The third-order valence-corrected chi connectivity index (χ3v) is 5.77. The van der Waals surface area contributed by atoms with E-state index < -0.39 is 0 Å². The maximum atomic E-state index is 5.73. The first-order valence-electron chi connectivity index (χ1n) is 9.18. The highest BCUT2D eigenvalue weighted by Crippen LogP contribution is 2.57. The molecular formula is C21H29NO2. The van der Waals surface area contributed by atoms with Crippen LogP contribution in [0.5, 0.6) is 5.75 Å². The van der Waals surface area contributed by atoms with Crippen molar-refractivity contribution in [1.29, 1.82) is 0 Å². The summed E-state index contributed by atoms with van der Waals surface area (Å²) < 4.78 is 11.3. The molecule has 0 spiro atoms. The Morgan fingerprint density at radius 2 is 2.04 bits per heavy atom. The van der Waals surface area contributed by atoms with Gasteiger partial charge in [-0.25, -0.2) is 0 Å². The Kier molecular flexibility index (Phi) is 4.82. The van der Waals surface area contributed by atoms with Crippen LogP contribution in [0.2, 0.25) is 0 Å². The lowest BCUT2D eigenvalue weighted by Gasteiger charge is -2.57. The maximum absolute atomic E-state index is 5.73. The smallest absolute Gasteiger partial charge is 0.130 e. The first kappa shape index (κ1) is 17.2. The number of benzene rings is 1. The van der Waals surface area contributed by atoms with E-state index in [0.29, 0.717) is 11.3 Å². The Labute approximate surface area is 145 Å². The van der Waals surface area contributed by atoms with Gasteiger partial charge in [0.05, 0.1) is 19.2 Å². The molecule has 1 aromatic heterocycles. The van der Waals surface area contributed by atoms with Crippen LogP contribution in [-0.2, 0) is 10.2 Å². The van der Waals surface area contributed by atoms with Crippen LogP contribution >= 0.6 is 0 Å². The summed E-state index contributed by atoms with van der Waals surface area (Å²) in [6, 6.07) is 8.77. The third kappa shape index (κ3) is 2.59. The van der Waals surface area contributed by atoms with Crippen LogP contribution in [0, 0.1) is 18.8 Å². The highest BCUT2D eigenvalue weighted by atomic mass is 16.5. The number of methoxy groups -OCH3 is 1. The number of rotatable bonds is 2. The van der Waals surface area contributed by atoms with Crippen molar-refractivity contribution in [1.82, 2.24) is 4.98 Å². The number of hydrogen-bond donors (Lipinski definition) is 0. The first-order valence-corrected chi connectivity index (χ1v) is 9.18. The fourth-order valence-electron chi connectivity index (χ4n) is 4.60. The lowest BCUT2D eigenvalue weighted by Crippen LogP contribution is -2.55. The van der Waals surface area contributed by atoms with E-state index in [1.54, 1.807) is 7.11 Å². The van der Waals surface area contributed by atoms with E-state index in [9.17, 15) is 0 Å². The van der Waals surface area contributed by atoms with Crippen LogP contribution in [0.4, 0.5) is 0 Å². The van der Waals surface area contributed by atoms with Gasteiger partial charge in [-0.1, -0.05) is 26.8 Å². The van der Waals surface area contributed by atoms with E-state index in [4.69, 9.17) is 9.47 Å². The Hall–Kier alpha value is -1.61. The minimum absolute atomic E-state index is 0.307. The highest BCUT2D eigenvalue weighted by molar-refractivity contribution is 5.86. The molecule has 24 heavy (non-hydrogen) atoms. The predicted octanol–water partition coefficient (Wildman–Crippen LogP) is 4.89. The molecule has 1 saturated carbocycles. The standard InChI is InChI=1S/C19H23NO2.C2H6/c1-12-10-19(6-7-22-11-16(12)19)14-4-5-17-15(9-14)18(21-3)8-13(2)20-17;1-2/h4-5,8-9,12,16H,6-7,10-11H2,1-3H3;1-2H3. The molecule has 4 rings (SSSR count). The zero-order valence-electron chi connectivity index (χ0n) is 15.6. The van der Waals surface area contributed by atoms with Crippen molar-refractivity contribution < 1.29 is 9.47 Å². The lowest BCUT2D eigenvalue weighted by atomic mass is 9.50. The quantitative estimate of drug-likeness (QED) is 0.787. The van der Waals surface area contributed by atoms with E-state index in [2.05, 4.69) is 30.1 Å². The normalized spacial score (nSPS) is 28.4. The van der Waals surface area contributed by atoms with Crippen molar-refractivity contribution in [2.75, 3.05) is 20.3 Å². The molecule has 1 aliphatic heterocycles. The molecule has 3 nitrogen and oxygen atoms in total. The predicted molar refractivity (Wildman–Crippen MR) is 98.8 cm³/mol. The van der Waals surface area contributed by atoms with Gasteiger partial charge in [-0.3, -0.25) is 4.98 Å². The van der Waals surface area contributed by atoms with E-state index in [-0.39, 0.29) is 0 Å². The molecule has 0 N–H and O–H groups in total. The molecule has 0 amide bonds. The molecule has 1 aliphatic carbocycles. The van der Waals surface area contributed by atoms with E-state index in [1.807, 2.05) is 26.8 Å². The van der Waals surface area contributed by atoms with Gasteiger partial charge in [-0.15, -0.1) is 0 Å². The summed E-state index contributed by atoms with van der Waals surface area (Å²) in [5.41, 5.74) is 3.77. The molecule has 2 aromatic rings. The SMILES string of the molecule is CC.COc1cc(C)nc2ccc(C34CCOCC3C(C)C4)cc12. The minimum Gasteiger partial charge on any atom is -0.496 e. The topological polar surface area (TPSA) is 31.4 Å². The fraction of sp³-hybridized carbons (Fsp3) is 0.571. The fourth-order valence-corrected chi connectivity index (χ4v) is 4.60. The van der Waals surface area contributed by atoms with Crippen molar-refractivity contribution in [3.05, 3.63) is 35.5 Å². The molecule has 130 valence electrons. The van der Waals surface area contributed by atoms with Crippen molar-refractivity contribution in [2.24, 2.45) is 11.8 Å². The van der Waals surface area contributed by atoms with Gasteiger partial charge in [0.25, 0.3) is 0 Å². The van der Waals surface area contributed by atoms with Gasteiger partial charge in [0.1, 0.15) is 5.75 Å². The molecule has 2 aliphatic rings. The van der Waals surface area contributed by atoms with Crippen LogP contribution < -0.4 is 4.74 Å². The third-order valence-electron chi connectivity index (χ3n) is 5.77. The zero-order chi connectivity index (χ0) is 17.3. The maximum Gasteiger partial charge on any atom is 0.130 e. The Balaban J connectivity index is 0.000000815. The van der Waals surface area contributed by atoms with Crippen LogP contribution in [0.3, 0.4) is 0 Å². The Morgan fingerprint density at radius 1 is 1.25 bits per heavy atom. The molecule has 2 heterocycles. The van der Waals surface area contributed by atoms with Crippen molar-refractivity contribution in [3.63, 3.8) is 0 Å². The monoisotopic (exact) mass is 327 g/mol. The number of pyridine rings is 1.